The molecule has 0 saturated carbocycles. The highest BCUT2D eigenvalue weighted by Gasteiger charge is 2.17. The van der Waals surface area contributed by atoms with Crippen molar-refractivity contribution < 1.29 is 9.18 Å². The number of amides is 1. The number of benzene rings is 1. The first-order valence-electron chi connectivity index (χ1n) is 6.92. The topological polar surface area (TPSA) is 60.1 Å². The van der Waals surface area contributed by atoms with Crippen LogP contribution in [-0.2, 0) is 0 Å². The van der Waals surface area contributed by atoms with Gasteiger partial charge < -0.3 is 15.6 Å². The van der Waals surface area contributed by atoms with E-state index in [4.69, 9.17) is 5.73 Å². The number of halogens is 1. The van der Waals surface area contributed by atoms with Crippen molar-refractivity contribution in [2.24, 2.45) is 0 Å². The number of hydrogen-bond donors (Lipinski definition) is 2. The summed E-state index contributed by atoms with van der Waals surface area (Å²) < 4.78 is 15.1. The van der Waals surface area contributed by atoms with E-state index in [0.717, 1.165) is 5.56 Å². The molecule has 21 heavy (non-hydrogen) atoms. The van der Waals surface area contributed by atoms with Gasteiger partial charge in [-0.3, -0.25) is 4.79 Å². The Balaban J connectivity index is 2.18. The van der Waals surface area contributed by atoms with Gasteiger partial charge >= 0.3 is 0 Å². The molecule has 112 valence electrons. The van der Waals surface area contributed by atoms with Gasteiger partial charge in [0.1, 0.15) is 11.5 Å². The Kier molecular flexibility index (Phi) is 4.31. The van der Waals surface area contributed by atoms with Crippen LogP contribution in [0.3, 0.4) is 0 Å². The molecule has 1 amide bonds. The second-order valence-electron chi connectivity index (χ2n) is 5.41. The predicted molar refractivity (Wildman–Crippen MR) is 81.5 cm³/mol. The Labute approximate surface area is 123 Å². The maximum atomic E-state index is 13.2. The van der Waals surface area contributed by atoms with Gasteiger partial charge in [-0.2, -0.15) is 0 Å². The maximum Gasteiger partial charge on any atom is 0.268 e. The lowest BCUT2D eigenvalue weighted by Gasteiger charge is -2.17. The first kappa shape index (κ1) is 15.1. The first-order valence-corrected chi connectivity index (χ1v) is 6.92. The van der Waals surface area contributed by atoms with Gasteiger partial charge in [0.05, 0.1) is 11.7 Å². The zero-order valence-electron chi connectivity index (χ0n) is 12.4. The molecule has 1 heterocycles. The number of rotatable bonds is 4. The summed E-state index contributed by atoms with van der Waals surface area (Å²) in [4.78, 5) is 12.4. The maximum absolute atomic E-state index is 13.2. The van der Waals surface area contributed by atoms with Gasteiger partial charge in [0, 0.05) is 12.2 Å². The summed E-state index contributed by atoms with van der Waals surface area (Å²) in [6.45, 7) is 5.77. The van der Waals surface area contributed by atoms with Gasteiger partial charge in [-0.15, -0.1) is 0 Å². The largest absolute Gasteiger partial charge is 0.397 e. The third kappa shape index (κ3) is 3.42. The highest BCUT2D eigenvalue weighted by atomic mass is 19.1. The summed E-state index contributed by atoms with van der Waals surface area (Å²) in [5.74, 6) is -0.541. The van der Waals surface area contributed by atoms with Gasteiger partial charge in [-0.1, -0.05) is 12.1 Å². The predicted octanol–water partition coefficient (Wildman–Crippen LogP) is 3.28. The van der Waals surface area contributed by atoms with E-state index < -0.39 is 0 Å². The summed E-state index contributed by atoms with van der Waals surface area (Å²) in [6.07, 6.45) is 1.74. The lowest BCUT2D eigenvalue weighted by atomic mass is 10.1. The molecule has 0 saturated heterocycles. The zero-order chi connectivity index (χ0) is 15.6. The lowest BCUT2D eigenvalue weighted by molar-refractivity contribution is 0.0929. The average molecular weight is 289 g/mol. The molecular formula is C16H20FN3O. The number of carbonyl (C=O) groups is 1. The molecule has 0 radical (unpaired) electrons. The van der Waals surface area contributed by atoms with Crippen LogP contribution in [0.2, 0.25) is 0 Å². The molecular weight excluding hydrogens is 269 g/mol. The number of nitrogens with zero attached hydrogens (tertiary/aromatic N) is 1. The van der Waals surface area contributed by atoms with Crippen molar-refractivity contribution in [3.63, 3.8) is 0 Å². The van der Waals surface area contributed by atoms with E-state index in [1.54, 1.807) is 24.4 Å². The molecule has 4 nitrogen and oxygen atoms in total. The second kappa shape index (κ2) is 5.99. The molecule has 1 aromatic carbocycles. The Morgan fingerprint density at radius 1 is 1.29 bits per heavy atom. The number of aromatic nitrogens is 1. The van der Waals surface area contributed by atoms with Crippen LogP contribution in [-0.4, -0.2) is 10.5 Å². The van der Waals surface area contributed by atoms with Gasteiger partial charge in [0.25, 0.3) is 5.91 Å². The van der Waals surface area contributed by atoms with Crippen LogP contribution in [0.4, 0.5) is 10.1 Å². The molecule has 2 rings (SSSR count). The van der Waals surface area contributed by atoms with E-state index in [2.05, 4.69) is 5.32 Å². The van der Waals surface area contributed by atoms with Gasteiger partial charge in [0.2, 0.25) is 0 Å². The fourth-order valence-corrected chi connectivity index (χ4v) is 2.24. The van der Waals surface area contributed by atoms with Crippen LogP contribution in [0.15, 0.2) is 36.5 Å². The fourth-order valence-electron chi connectivity index (χ4n) is 2.24. The summed E-state index contributed by atoms with van der Waals surface area (Å²) in [7, 11) is 0. The van der Waals surface area contributed by atoms with Crippen molar-refractivity contribution in [1.82, 2.24) is 9.88 Å². The van der Waals surface area contributed by atoms with E-state index >= 15 is 0 Å². The molecule has 0 aliphatic carbocycles. The van der Waals surface area contributed by atoms with Crippen molar-refractivity contribution in [2.75, 3.05) is 5.73 Å². The molecule has 2 aromatic rings. The van der Waals surface area contributed by atoms with Crippen LogP contribution < -0.4 is 11.1 Å². The van der Waals surface area contributed by atoms with E-state index in [0.29, 0.717) is 11.4 Å². The summed E-state index contributed by atoms with van der Waals surface area (Å²) in [5.41, 5.74) is 7.54. The van der Waals surface area contributed by atoms with E-state index in [9.17, 15) is 9.18 Å². The van der Waals surface area contributed by atoms with Crippen LogP contribution in [0.1, 0.15) is 48.9 Å². The van der Waals surface area contributed by atoms with Crippen LogP contribution >= 0.6 is 0 Å². The number of nitrogen functional groups attached to an aromatic ring is 1. The monoisotopic (exact) mass is 289 g/mol. The molecule has 3 N–H and O–H groups in total. The number of nitrogens with two attached hydrogens (primary N) is 1. The molecule has 5 heteroatoms. The quantitative estimate of drug-likeness (QED) is 0.907. The number of anilines is 1. The fraction of sp³-hybridized carbons (Fsp3) is 0.312. The standard InChI is InChI=1S/C16H20FN3O/c1-10(2)20-9-14(18)8-15(20)16(21)19-11(3)12-5-4-6-13(17)7-12/h4-11H,18H2,1-3H3,(H,19,21). The lowest BCUT2D eigenvalue weighted by Crippen LogP contribution is -2.29. The van der Waals surface area contributed by atoms with Gasteiger partial charge in [-0.25, -0.2) is 4.39 Å². The Morgan fingerprint density at radius 2 is 2.00 bits per heavy atom. The number of carbonyl (C=O) groups excluding carboxylic acids is 1. The highest BCUT2D eigenvalue weighted by Crippen LogP contribution is 2.19. The van der Waals surface area contributed by atoms with E-state index in [-0.39, 0.29) is 23.8 Å². The molecule has 1 unspecified atom stereocenters. The molecule has 0 spiro atoms. The summed E-state index contributed by atoms with van der Waals surface area (Å²) >= 11 is 0. The van der Waals surface area contributed by atoms with E-state index in [1.807, 2.05) is 25.3 Å². The smallest absolute Gasteiger partial charge is 0.268 e. The summed E-state index contributed by atoms with van der Waals surface area (Å²) in [6, 6.07) is 7.70. The molecule has 1 atom stereocenters. The van der Waals surface area contributed by atoms with E-state index in [1.165, 1.54) is 12.1 Å². The van der Waals surface area contributed by atoms with Crippen LogP contribution in [0.25, 0.3) is 0 Å². The normalized spacial score (nSPS) is 12.4. The molecule has 0 bridgehead atoms. The summed E-state index contributed by atoms with van der Waals surface area (Å²) in [5, 5.41) is 2.87. The van der Waals surface area contributed by atoms with Crippen molar-refractivity contribution in [3.05, 3.63) is 53.6 Å². The SMILES string of the molecule is CC(NC(=O)c1cc(N)cn1C(C)C)c1cccc(F)c1. The average Bonchev–Trinajstić information content (AvgIpc) is 2.81. The van der Waals surface area contributed by atoms with Crippen molar-refractivity contribution in [1.29, 1.82) is 0 Å². The molecule has 0 aliphatic heterocycles. The van der Waals surface area contributed by atoms with Crippen molar-refractivity contribution in [3.8, 4) is 0 Å². The molecule has 0 fully saturated rings. The van der Waals surface area contributed by atoms with Gasteiger partial charge in [0.15, 0.2) is 0 Å². The number of nitrogens with one attached hydrogen (secondary N) is 1. The third-order valence-corrected chi connectivity index (χ3v) is 3.35. The third-order valence-electron chi connectivity index (χ3n) is 3.35. The number of hydrogen-bond acceptors (Lipinski definition) is 2. The highest BCUT2D eigenvalue weighted by molar-refractivity contribution is 5.94. The molecule has 1 aromatic heterocycles. The Hall–Kier alpha value is -2.30. The van der Waals surface area contributed by atoms with Gasteiger partial charge in [-0.05, 0) is 44.5 Å². The second-order valence-corrected chi connectivity index (χ2v) is 5.41. The minimum absolute atomic E-state index is 0.132. The van der Waals surface area contributed by atoms with Crippen LogP contribution in [0.5, 0.6) is 0 Å². The Morgan fingerprint density at radius 3 is 2.62 bits per heavy atom. The first-order chi connectivity index (χ1) is 9.88. The van der Waals surface area contributed by atoms with Crippen LogP contribution in [0, 0.1) is 5.82 Å². The Bertz CT molecular complexity index is 649. The zero-order valence-corrected chi connectivity index (χ0v) is 12.4. The minimum Gasteiger partial charge on any atom is -0.397 e. The van der Waals surface area contributed by atoms with Crippen molar-refractivity contribution in [2.45, 2.75) is 32.9 Å². The minimum atomic E-state index is -0.316. The molecule has 0 aliphatic rings. The van der Waals surface area contributed by atoms with Crippen molar-refractivity contribution >= 4 is 11.6 Å².